The third-order valence-corrected chi connectivity index (χ3v) is 6.80. The summed E-state index contributed by atoms with van der Waals surface area (Å²) in [6, 6.07) is 11.9. The molecule has 0 amide bonds. The summed E-state index contributed by atoms with van der Waals surface area (Å²) >= 11 is 3.34. The van der Waals surface area contributed by atoms with Gasteiger partial charge in [0.2, 0.25) is 0 Å². The molecule has 0 radical (unpaired) electrons. The highest BCUT2D eigenvalue weighted by molar-refractivity contribution is 7.99. The molecule has 28 heavy (non-hydrogen) atoms. The highest BCUT2D eigenvalue weighted by atomic mass is 32.2. The lowest BCUT2D eigenvalue weighted by Gasteiger charge is -2.26. The second-order valence-electron chi connectivity index (χ2n) is 6.84. The second-order valence-corrected chi connectivity index (χ2v) is 8.77. The van der Waals surface area contributed by atoms with Gasteiger partial charge in [0.1, 0.15) is 12.7 Å². The van der Waals surface area contributed by atoms with Gasteiger partial charge < -0.3 is 14.2 Å². The second kappa shape index (κ2) is 8.14. The van der Waals surface area contributed by atoms with Crippen LogP contribution in [0.15, 0.2) is 46.9 Å². The predicted octanol–water partition coefficient (Wildman–Crippen LogP) is 4.12. The van der Waals surface area contributed by atoms with E-state index in [0.717, 1.165) is 59.1 Å². The zero-order valence-corrected chi connectivity index (χ0v) is 17.0. The van der Waals surface area contributed by atoms with E-state index in [-0.39, 0.29) is 12.2 Å². The molecule has 0 bridgehead atoms. The fraction of sp³-hybridized carbons (Fsp3) is 0.400. The summed E-state index contributed by atoms with van der Waals surface area (Å²) in [5.74, 6) is 3.28. The van der Waals surface area contributed by atoms with Crippen molar-refractivity contribution >= 4 is 23.1 Å². The predicted molar refractivity (Wildman–Crippen MR) is 109 cm³/mol. The van der Waals surface area contributed by atoms with Crippen LogP contribution >= 0.6 is 23.1 Å². The van der Waals surface area contributed by atoms with E-state index in [1.165, 1.54) is 0 Å². The number of thioether (sulfide) groups is 1. The van der Waals surface area contributed by atoms with Gasteiger partial charge in [0.25, 0.3) is 0 Å². The van der Waals surface area contributed by atoms with Gasteiger partial charge in [-0.15, -0.1) is 21.5 Å². The summed E-state index contributed by atoms with van der Waals surface area (Å²) in [5, 5.41) is 11.9. The average molecular weight is 416 g/mol. The maximum absolute atomic E-state index is 6.08. The Morgan fingerprint density at radius 1 is 1.11 bits per heavy atom. The minimum Gasteiger partial charge on any atom is -0.486 e. The molecular formula is C20H21N3O3S2. The van der Waals surface area contributed by atoms with Crippen molar-refractivity contribution in [3.05, 3.63) is 41.8 Å². The van der Waals surface area contributed by atoms with Crippen LogP contribution in [0, 0.1) is 0 Å². The summed E-state index contributed by atoms with van der Waals surface area (Å²) in [6.07, 6.45) is 2.42. The van der Waals surface area contributed by atoms with Gasteiger partial charge in [0, 0.05) is 12.4 Å². The summed E-state index contributed by atoms with van der Waals surface area (Å²) < 4.78 is 20.0. The van der Waals surface area contributed by atoms with E-state index in [1.54, 1.807) is 23.1 Å². The normalized spacial score (nSPS) is 21.1. The van der Waals surface area contributed by atoms with Gasteiger partial charge in [-0.05, 0) is 36.4 Å². The fourth-order valence-corrected chi connectivity index (χ4v) is 5.08. The van der Waals surface area contributed by atoms with Gasteiger partial charge in [0.15, 0.2) is 22.5 Å². The first-order chi connectivity index (χ1) is 13.9. The lowest BCUT2D eigenvalue weighted by molar-refractivity contribution is 0.0952. The Hall–Kier alpha value is -2.03. The molecule has 0 N–H and O–H groups in total. The maximum atomic E-state index is 6.08. The van der Waals surface area contributed by atoms with Crippen LogP contribution in [0.5, 0.6) is 11.5 Å². The fourth-order valence-electron chi connectivity index (χ4n) is 3.45. The number of hydrogen-bond acceptors (Lipinski definition) is 7. The van der Waals surface area contributed by atoms with Gasteiger partial charge in [-0.3, -0.25) is 4.57 Å². The summed E-state index contributed by atoms with van der Waals surface area (Å²) in [7, 11) is 0. The van der Waals surface area contributed by atoms with E-state index in [0.29, 0.717) is 6.61 Å². The molecule has 0 saturated carbocycles. The molecular weight excluding hydrogens is 394 g/mol. The first-order valence-electron chi connectivity index (χ1n) is 9.47. The Morgan fingerprint density at radius 2 is 2.04 bits per heavy atom. The summed E-state index contributed by atoms with van der Waals surface area (Å²) in [6.45, 7) is 2.17. The number of aromatic nitrogens is 3. The quantitative estimate of drug-likeness (QED) is 0.565. The molecule has 1 saturated heterocycles. The molecule has 0 aliphatic carbocycles. The van der Waals surface area contributed by atoms with Crippen molar-refractivity contribution in [2.24, 2.45) is 0 Å². The Labute approximate surface area is 171 Å². The zero-order chi connectivity index (χ0) is 18.8. The number of thiophene rings is 1. The highest BCUT2D eigenvalue weighted by Crippen LogP contribution is 2.33. The monoisotopic (exact) mass is 415 g/mol. The largest absolute Gasteiger partial charge is 0.486 e. The number of hydrogen-bond donors (Lipinski definition) is 0. The average Bonchev–Trinajstić information content (AvgIpc) is 3.49. The van der Waals surface area contributed by atoms with Crippen LogP contribution in [0.3, 0.4) is 0 Å². The van der Waals surface area contributed by atoms with E-state index in [9.17, 15) is 0 Å². The Morgan fingerprint density at radius 3 is 2.86 bits per heavy atom. The number of fused-ring (bicyclic) bond motifs is 1. The molecule has 2 aliphatic rings. The minimum absolute atomic E-state index is 0.0158. The minimum atomic E-state index is -0.0158. The standard InChI is InChI=1S/C20H21N3O3S2/c1-2-7-17-16(6-1)25-12-15(26-17)13-28-20-22-21-19(18-8-4-10-27-18)23(20)11-14-5-3-9-24-14/h1-2,4,6-8,10,14-15H,3,5,9,11-13H2/t14-,15+/m0/s1. The lowest BCUT2D eigenvalue weighted by atomic mass is 10.2. The van der Waals surface area contributed by atoms with Crippen LogP contribution in [0.1, 0.15) is 12.8 Å². The van der Waals surface area contributed by atoms with E-state index in [2.05, 4.69) is 26.2 Å². The molecule has 2 aromatic heterocycles. The van der Waals surface area contributed by atoms with Crippen LogP contribution < -0.4 is 9.47 Å². The van der Waals surface area contributed by atoms with E-state index < -0.39 is 0 Å². The topological polar surface area (TPSA) is 58.4 Å². The van der Waals surface area contributed by atoms with Gasteiger partial charge in [-0.25, -0.2) is 0 Å². The SMILES string of the molecule is c1csc(-c2nnc(SC[C@H]3COc4ccccc4O3)n2C[C@@H]2CCCO2)c1. The van der Waals surface area contributed by atoms with Crippen LogP contribution in [0.2, 0.25) is 0 Å². The van der Waals surface area contributed by atoms with E-state index in [1.807, 2.05) is 30.3 Å². The van der Waals surface area contributed by atoms with Gasteiger partial charge in [-0.1, -0.05) is 30.0 Å². The van der Waals surface area contributed by atoms with Gasteiger partial charge in [0.05, 0.1) is 17.5 Å². The van der Waals surface area contributed by atoms with Crippen molar-refractivity contribution in [3.8, 4) is 22.2 Å². The van der Waals surface area contributed by atoms with Crippen molar-refractivity contribution in [1.29, 1.82) is 0 Å². The van der Waals surface area contributed by atoms with Crippen molar-refractivity contribution in [2.75, 3.05) is 19.0 Å². The molecule has 4 heterocycles. The Balaban J connectivity index is 1.32. The highest BCUT2D eigenvalue weighted by Gasteiger charge is 2.25. The van der Waals surface area contributed by atoms with Crippen LogP contribution in [-0.4, -0.2) is 45.9 Å². The number of para-hydroxylation sites is 2. The van der Waals surface area contributed by atoms with Crippen molar-refractivity contribution in [1.82, 2.24) is 14.8 Å². The molecule has 5 rings (SSSR count). The lowest BCUT2D eigenvalue weighted by Crippen LogP contribution is -2.31. The zero-order valence-electron chi connectivity index (χ0n) is 15.3. The van der Waals surface area contributed by atoms with Gasteiger partial charge in [-0.2, -0.15) is 0 Å². The number of rotatable bonds is 6. The smallest absolute Gasteiger partial charge is 0.191 e. The van der Waals surface area contributed by atoms with Gasteiger partial charge >= 0.3 is 0 Å². The molecule has 0 spiro atoms. The molecule has 8 heteroatoms. The molecule has 2 aliphatic heterocycles. The van der Waals surface area contributed by atoms with Crippen LogP contribution in [0.4, 0.5) is 0 Å². The summed E-state index contributed by atoms with van der Waals surface area (Å²) in [5.41, 5.74) is 0. The van der Waals surface area contributed by atoms with Crippen LogP contribution in [0.25, 0.3) is 10.7 Å². The Kier molecular flexibility index (Phi) is 5.24. The molecule has 146 valence electrons. The maximum Gasteiger partial charge on any atom is 0.191 e. The molecule has 2 atom stereocenters. The first-order valence-corrected chi connectivity index (χ1v) is 11.3. The van der Waals surface area contributed by atoms with E-state index >= 15 is 0 Å². The first kappa shape index (κ1) is 18.0. The van der Waals surface area contributed by atoms with E-state index in [4.69, 9.17) is 14.2 Å². The molecule has 3 aromatic rings. The number of ether oxygens (including phenoxy) is 3. The molecule has 6 nitrogen and oxygen atoms in total. The molecule has 1 fully saturated rings. The third kappa shape index (κ3) is 3.76. The van der Waals surface area contributed by atoms with Crippen LogP contribution in [-0.2, 0) is 11.3 Å². The van der Waals surface area contributed by atoms with Crippen molar-refractivity contribution in [2.45, 2.75) is 36.8 Å². The summed E-state index contributed by atoms with van der Waals surface area (Å²) in [4.78, 5) is 1.13. The third-order valence-electron chi connectivity index (χ3n) is 4.83. The van der Waals surface area contributed by atoms with Crippen molar-refractivity contribution < 1.29 is 14.2 Å². The molecule has 1 aromatic carbocycles. The number of nitrogens with zero attached hydrogens (tertiary/aromatic N) is 3. The Bertz CT molecular complexity index is 923. The van der Waals surface area contributed by atoms with Crippen molar-refractivity contribution in [3.63, 3.8) is 0 Å². The molecule has 0 unspecified atom stereocenters. The number of benzene rings is 1.